The number of rotatable bonds is 1. The molecule has 15 heavy (non-hydrogen) atoms. The number of aliphatic hydroxyl groups excluding tert-OH is 1. The second-order valence-corrected chi connectivity index (χ2v) is 3.57. The first kappa shape index (κ1) is 9.80. The van der Waals surface area contributed by atoms with Crippen LogP contribution in [0.1, 0.15) is 26.3 Å². The van der Waals surface area contributed by atoms with Crippen molar-refractivity contribution in [3.05, 3.63) is 46.5 Å². The van der Waals surface area contributed by atoms with E-state index in [1.165, 1.54) is 6.08 Å². The van der Waals surface area contributed by atoms with Gasteiger partial charge in [0.15, 0.2) is 11.6 Å². The SMILES string of the molecule is Cc1ccc2c(c1)C(=O)C=C(CO)C2=O. The molecule has 0 aliphatic heterocycles. The van der Waals surface area contributed by atoms with Gasteiger partial charge in [-0.15, -0.1) is 0 Å². The largest absolute Gasteiger partial charge is 0.392 e. The number of hydrogen-bond acceptors (Lipinski definition) is 3. The van der Waals surface area contributed by atoms with Crippen LogP contribution in [-0.4, -0.2) is 23.3 Å². The first-order valence-corrected chi connectivity index (χ1v) is 4.64. The molecular weight excluding hydrogens is 192 g/mol. The Labute approximate surface area is 87.0 Å². The van der Waals surface area contributed by atoms with Crippen LogP contribution >= 0.6 is 0 Å². The quantitative estimate of drug-likeness (QED) is 0.746. The van der Waals surface area contributed by atoms with Crippen LogP contribution in [0, 0.1) is 6.92 Å². The highest BCUT2D eigenvalue weighted by Gasteiger charge is 2.24. The minimum atomic E-state index is -0.391. The summed E-state index contributed by atoms with van der Waals surface area (Å²) in [5, 5.41) is 8.92. The van der Waals surface area contributed by atoms with Gasteiger partial charge >= 0.3 is 0 Å². The molecule has 0 aromatic heterocycles. The number of benzene rings is 1. The van der Waals surface area contributed by atoms with Crippen molar-refractivity contribution >= 4 is 11.6 Å². The van der Waals surface area contributed by atoms with Crippen molar-refractivity contribution in [1.82, 2.24) is 0 Å². The molecule has 0 amide bonds. The van der Waals surface area contributed by atoms with Gasteiger partial charge in [-0.05, 0) is 19.1 Å². The zero-order valence-electron chi connectivity index (χ0n) is 8.28. The fourth-order valence-corrected chi connectivity index (χ4v) is 1.65. The Morgan fingerprint density at radius 2 is 1.93 bits per heavy atom. The molecule has 3 nitrogen and oxygen atoms in total. The Morgan fingerprint density at radius 1 is 1.20 bits per heavy atom. The summed E-state index contributed by atoms with van der Waals surface area (Å²) in [7, 11) is 0. The summed E-state index contributed by atoms with van der Waals surface area (Å²) in [6, 6.07) is 5.11. The maximum Gasteiger partial charge on any atom is 0.192 e. The molecule has 0 atom stereocenters. The highest BCUT2D eigenvalue weighted by Crippen LogP contribution is 2.21. The van der Waals surface area contributed by atoms with E-state index < -0.39 is 6.61 Å². The lowest BCUT2D eigenvalue weighted by atomic mass is 9.89. The molecule has 2 rings (SSSR count). The van der Waals surface area contributed by atoms with Gasteiger partial charge in [0.05, 0.1) is 6.61 Å². The van der Waals surface area contributed by atoms with Crippen LogP contribution in [0.25, 0.3) is 0 Å². The number of Topliss-reactive ketones (excluding diaryl/α,β-unsaturated/α-hetero) is 1. The maximum absolute atomic E-state index is 11.7. The summed E-state index contributed by atoms with van der Waals surface area (Å²) in [6.07, 6.45) is 1.21. The third kappa shape index (κ3) is 1.51. The minimum absolute atomic E-state index is 0.163. The fraction of sp³-hybridized carbons (Fsp3) is 0.167. The Balaban J connectivity index is 2.62. The zero-order valence-corrected chi connectivity index (χ0v) is 8.28. The van der Waals surface area contributed by atoms with E-state index in [1.54, 1.807) is 18.2 Å². The van der Waals surface area contributed by atoms with E-state index in [0.717, 1.165) is 5.56 Å². The lowest BCUT2D eigenvalue weighted by Gasteiger charge is -2.13. The second kappa shape index (κ2) is 3.44. The predicted molar refractivity (Wildman–Crippen MR) is 55.0 cm³/mol. The normalized spacial score (nSPS) is 14.9. The molecule has 1 aliphatic carbocycles. The number of aliphatic hydroxyl groups is 1. The van der Waals surface area contributed by atoms with E-state index in [1.807, 2.05) is 6.92 Å². The molecule has 0 bridgehead atoms. The van der Waals surface area contributed by atoms with Crippen LogP contribution in [0.3, 0.4) is 0 Å². The molecule has 0 fully saturated rings. The monoisotopic (exact) mass is 202 g/mol. The topological polar surface area (TPSA) is 54.4 Å². The van der Waals surface area contributed by atoms with Crippen LogP contribution < -0.4 is 0 Å². The van der Waals surface area contributed by atoms with Gasteiger partial charge in [-0.3, -0.25) is 9.59 Å². The van der Waals surface area contributed by atoms with Crippen LogP contribution in [0.2, 0.25) is 0 Å². The number of allylic oxidation sites excluding steroid dienone is 1. The van der Waals surface area contributed by atoms with Crippen LogP contribution in [-0.2, 0) is 0 Å². The number of hydrogen-bond donors (Lipinski definition) is 1. The Bertz CT molecular complexity index is 484. The molecule has 1 aromatic carbocycles. The average molecular weight is 202 g/mol. The van der Waals surface area contributed by atoms with Gasteiger partial charge in [-0.1, -0.05) is 17.7 Å². The van der Waals surface area contributed by atoms with Gasteiger partial charge in [-0.25, -0.2) is 0 Å². The fourth-order valence-electron chi connectivity index (χ4n) is 1.65. The van der Waals surface area contributed by atoms with E-state index in [0.29, 0.717) is 11.1 Å². The van der Waals surface area contributed by atoms with Crippen molar-refractivity contribution < 1.29 is 14.7 Å². The summed E-state index contributed by atoms with van der Waals surface area (Å²) in [4.78, 5) is 23.3. The van der Waals surface area contributed by atoms with Gasteiger partial charge in [0.25, 0.3) is 0 Å². The number of ketones is 2. The molecule has 76 valence electrons. The lowest BCUT2D eigenvalue weighted by Crippen LogP contribution is -2.18. The van der Waals surface area contributed by atoms with Crippen molar-refractivity contribution in [2.45, 2.75) is 6.92 Å². The molecule has 0 saturated carbocycles. The smallest absolute Gasteiger partial charge is 0.192 e. The summed E-state index contributed by atoms with van der Waals surface area (Å²) in [5.74, 6) is -0.468. The van der Waals surface area contributed by atoms with Crippen LogP contribution in [0.15, 0.2) is 29.8 Å². The van der Waals surface area contributed by atoms with E-state index in [9.17, 15) is 9.59 Å². The second-order valence-electron chi connectivity index (χ2n) is 3.57. The third-order valence-electron chi connectivity index (χ3n) is 2.45. The molecule has 3 heteroatoms. The minimum Gasteiger partial charge on any atom is -0.392 e. The standard InChI is InChI=1S/C12H10O3/c1-7-2-3-9-10(4-7)11(14)5-8(6-13)12(9)15/h2-5,13H,6H2,1H3. The van der Waals surface area contributed by atoms with E-state index in [2.05, 4.69) is 0 Å². The molecule has 0 spiro atoms. The molecule has 1 N–H and O–H groups in total. The molecule has 1 aliphatic rings. The Hall–Kier alpha value is -1.74. The molecular formula is C12H10O3. The highest BCUT2D eigenvalue weighted by molar-refractivity contribution is 6.24. The van der Waals surface area contributed by atoms with Gasteiger partial charge in [-0.2, -0.15) is 0 Å². The first-order valence-electron chi connectivity index (χ1n) is 4.64. The summed E-state index contributed by atoms with van der Waals surface area (Å²) < 4.78 is 0. The van der Waals surface area contributed by atoms with Crippen LogP contribution in [0.4, 0.5) is 0 Å². The Kier molecular flexibility index (Phi) is 2.25. The zero-order chi connectivity index (χ0) is 11.0. The molecule has 0 heterocycles. The van der Waals surface area contributed by atoms with Gasteiger partial charge in [0.2, 0.25) is 0 Å². The summed E-state index contributed by atoms with van der Waals surface area (Å²) in [5.41, 5.74) is 1.92. The number of carbonyl (C=O) groups is 2. The van der Waals surface area contributed by atoms with E-state index in [-0.39, 0.29) is 17.1 Å². The van der Waals surface area contributed by atoms with Crippen molar-refractivity contribution in [3.63, 3.8) is 0 Å². The maximum atomic E-state index is 11.7. The highest BCUT2D eigenvalue weighted by atomic mass is 16.3. The lowest BCUT2D eigenvalue weighted by molar-refractivity contribution is 0.0972. The molecule has 0 radical (unpaired) electrons. The summed E-state index contributed by atoms with van der Waals surface area (Å²) >= 11 is 0. The Morgan fingerprint density at radius 3 is 2.60 bits per heavy atom. The number of aryl methyl sites for hydroxylation is 1. The third-order valence-corrected chi connectivity index (χ3v) is 2.45. The van der Waals surface area contributed by atoms with Gasteiger partial charge < -0.3 is 5.11 Å². The molecule has 0 saturated heterocycles. The average Bonchev–Trinajstić information content (AvgIpc) is 2.23. The van der Waals surface area contributed by atoms with Crippen molar-refractivity contribution in [2.24, 2.45) is 0 Å². The van der Waals surface area contributed by atoms with Crippen molar-refractivity contribution in [1.29, 1.82) is 0 Å². The predicted octanol–water partition coefficient (Wildman–Crippen LogP) is 1.29. The summed E-state index contributed by atoms with van der Waals surface area (Å²) in [6.45, 7) is 1.47. The number of fused-ring (bicyclic) bond motifs is 1. The van der Waals surface area contributed by atoms with Crippen molar-refractivity contribution in [3.8, 4) is 0 Å². The van der Waals surface area contributed by atoms with Crippen LogP contribution in [0.5, 0.6) is 0 Å². The van der Waals surface area contributed by atoms with Gasteiger partial charge in [0.1, 0.15) is 0 Å². The first-order chi connectivity index (χ1) is 7.13. The van der Waals surface area contributed by atoms with E-state index in [4.69, 9.17) is 5.11 Å². The number of carbonyl (C=O) groups excluding carboxylic acids is 2. The van der Waals surface area contributed by atoms with Crippen molar-refractivity contribution in [2.75, 3.05) is 6.61 Å². The molecule has 0 unspecified atom stereocenters. The van der Waals surface area contributed by atoms with Gasteiger partial charge in [0, 0.05) is 16.7 Å². The van der Waals surface area contributed by atoms with E-state index >= 15 is 0 Å². The molecule has 1 aromatic rings.